The Balaban J connectivity index is 0.000000805. The van der Waals surface area contributed by atoms with Crippen LogP contribution in [0.15, 0.2) is 121 Å². The van der Waals surface area contributed by atoms with E-state index in [0.717, 1.165) is 0 Å². The second-order valence-corrected chi connectivity index (χ2v) is 13.4. The summed E-state index contributed by atoms with van der Waals surface area (Å²) in [6.07, 6.45) is 0.634. The minimum absolute atomic E-state index is 0.188. The Labute approximate surface area is 379 Å². The molecule has 0 aliphatic rings. The standard InChI is InChI=1S/C15H18O6.4C7H6O2.C5H12O4/c1-4-7-10(13(16)17)8(5-2)12(15(20)21)9(6-3)11(7)14(18)19;4*8-7(9)6-4-2-1-3-5-6;6-1-5(2-7,3-8)4-9/h4-6H2,1-3H3,(H,16,17)(H,18,19)(H,20,21);4*1-5H,(H,8,9);6-9H,1-4H2. The molecular formula is C48H54O18. The third-order valence-corrected chi connectivity index (χ3v) is 8.94. The molecule has 354 valence electrons. The summed E-state index contributed by atoms with van der Waals surface area (Å²) in [5, 5.41) is 95.7. The molecule has 5 aromatic carbocycles. The third kappa shape index (κ3) is 19.3. The van der Waals surface area contributed by atoms with Crippen LogP contribution < -0.4 is 0 Å². The summed E-state index contributed by atoms with van der Waals surface area (Å²) in [7, 11) is 0. The number of carboxylic acid groups (broad SMARTS) is 7. The quantitative estimate of drug-likeness (QED) is 0.0613. The lowest BCUT2D eigenvalue weighted by Gasteiger charge is -2.23. The van der Waals surface area contributed by atoms with Gasteiger partial charge in [-0.3, -0.25) is 0 Å². The van der Waals surface area contributed by atoms with Crippen molar-refractivity contribution in [3.63, 3.8) is 0 Å². The summed E-state index contributed by atoms with van der Waals surface area (Å²) < 4.78 is 0. The van der Waals surface area contributed by atoms with E-state index < -0.39 is 73.6 Å². The molecule has 0 bridgehead atoms. The first-order valence-corrected chi connectivity index (χ1v) is 19.7. The van der Waals surface area contributed by atoms with Crippen molar-refractivity contribution in [2.45, 2.75) is 40.0 Å². The van der Waals surface area contributed by atoms with Crippen LogP contribution in [0.4, 0.5) is 0 Å². The van der Waals surface area contributed by atoms with Crippen LogP contribution in [0.2, 0.25) is 0 Å². The van der Waals surface area contributed by atoms with E-state index in [2.05, 4.69) is 0 Å². The average molecular weight is 919 g/mol. The van der Waals surface area contributed by atoms with Crippen LogP contribution in [0.1, 0.15) is 110 Å². The molecule has 0 aromatic heterocycles. The molecule has 0 radical (unpaired) electrons. The molecule has 0 heterocycles. The first-order valence-electron chi connectivity index (χ1n) is 19.7. The molecule has 0 saturated heterocycles. The number of carboxylic acids is 7. The molecule has 18 heteroatoms. The summed E-state index contributed by atoms with van der Waals surface area (Å²) >= 11 is 0. The molecule has 0 spiro atoms. The smallest absolute Gasteiger partial charge is 0.336 e. The van der Waals surface area contributed by atoms with Gasteiger partial charge in [0.1, 0.15) is 0 Å². The van der Waals surface area contributed by atoms with E-state index in [4.69, 9.17) is 40.9 Å². The van der Waals surface area contributed by atoms with Crippen LogP contribution in [0.5, 0.6) is 0 Å². The van der Waals surface area contributed by atoms with Gasteiger partial charge in [0.25, 0.3) is 0 Å². The highest BCUT2D eigenvalue weighted by Crippen LogP contribution is 2.31. The Bertz CT molecular complexity index is 1970. The fourth-order valence-corrected chi connectivity index (χ4v) is 5.38. The highest BCUT2D eigenvalue weighted by molar-refractivity contribution is 6.05. The molecule has 0 amide bonds. The molecule has 0 fully saturated rings. The van der Waals surface area contributed by atoms with E-state index in [1.165, 1.54) is 0 Å². The second-order valence-electron chi connectivity index (χ2n) is 13.4. The van der Waals surface area contributed by atoms with E-state index in [1.807, 2.05) is 0 Å². The summed E-state index contributed by atoms with van der Waals surface area (Å²) in [6.45, 7) is 3.36. The van der Waals surface area contributed by atoms with Crippen LogP contribution in [0.3, 0.4) is 0 Å². The fraction of sp³-hybridized carbons (Fsp3) is 0.229. The van der Waals surface area contributed by atoms with Crippen molar-refractivity contribution in [1.29, 1.82) is 0 Å². The number of hydrogen-bond acceptors (Lipinski definition) is 11. The number of aromatic carboxylic acids is 7. The number of rotatable bonds is 14. The number of aliphatic hydroxyl groups is 4. The summed E-state index contributed by atoms with van der Waals surface area (Å²) in [5.41, 5.74) is 0.215. The van der Waals surface area contributed by atoms with Gasteiger partial charge in [-0.25, -0.2) is 33.6 Å². The Morgan fingerprint density at radius 3 is 0.561 bits per heavy atom. The summed E-state index contributed by atoms with van der Waals surface area (Å²) in [4.78, 5) is 75.4. The summed E-state index contributed by atoms with van der Waals surface area (Å²) in [5.74, 6) is -7.40. The maximum Gasteiger partial charge on any atom is 0.336 e. The van der Waals surface area contributed by atoms with Gasteiger partial charge in [0, 0.05) is 0 Å². The molecule has 0 atom stereocenters. The first kappa shape index (κ1) is 58.2. The molecule has 5 rings (SSSR count). The Kier molecular flexibility index (Phi) is 27.5. The Morgan fingerprint density at radius 1 is 0.318 bits per heavy atom. The van der Waals surface area contributed by atoms with Gasteiger partial charge in [-0.2, -0.15) is 0 Å². The third-order valence-electron chi connectivity index (χ3n) is 8.94. The molecule has 0 unspecified atom stereocenters. The topological polar surface area (TPSA) is 342 Å². The minimum Gasteiger partial charge on any atom is -0.478 e. The van der Waals surface area contributed by atoms with Crippen LogP contribution in [0.25, 0.3) is 0 Å². The average Bonchev–Trinajstić information content (AvgIpc) is 3.33. The van der Waals surface area contributed by atoms with Crippen LogP contribution in [0, 0.1) is 5.41 Å². The van der Waals surface area contributed by atoms with Crippen molar-refractivity contribution >= 4 is 41.8 Å². The van der Waals surface area contributed by atoms with Gasteiger partial charge in [0.2, 0.25) is 0 Å². The first-order chi connectivity index (χ1) is 31.3. The van der Waals surface area contributed by atoms with Crippen molar-refractivity contribution < 1.29 is 89.7 Å². The molecule has 0 saturated carbocycles. The maximum atomic E-state index is 11.5. The molecular weight excluding hydrogens is 865 g/mol. The van der Waals surface area contributed by atoms with Crippen LogP contribution >= 0.6 is 0 Å². The van der Waals surface area contributed by atoms with Crippen molar-refractivity contribution in [2.75, 3.05) is 26.4 Å². The predicted molar refractivity (Wildman–Crippen MR) is 240 cm³/mol. The van der Waals surface area contributed by atoms with E-state index in [0.29, 0.717) is 22.3 Å². The fourth-order valence-electron chi connectivity index (χ4n) is 5.38. The predicted octanol–water partition coefficient (Wildman–Crippen LogP) is 5.95. The van der Waals surface area contributed by atoms with Gasteiger partial charge in [-0.1, -0.05) is 93.6 Å². The lowest BCUT2D eigenvalue weighted by atomic mass is 9.83. The monoisotopic (exact) mass is 918 g/mol. The van der Waals surface area contributed by atoms with E-state index in [1.54, 1.807) is 142 Å². The van der Waals surface area contributed by atoms with Gasteiger partial charge >= 0.3 is 41.8 Å². The van der Waals surface area contributed by atoms with Crippen molar-refractivity contribution in [3.05, 3.63) is 177 Å². The van der Waals surface area contributed by atoms with Crippen molar-refractivity contribution in [1.82, 2.24) is 0 Å². The lowest BCUT2D eigenvalue weighted by Crippen LogP contribution is -2.37. The lowest BCUT2D eigenvalue weighted by molar-refractivity contribution is -0.0328. The molecule has 0 aliphatic carbocycles. The zero-order valence-electron chi connectivity index (χ0n) is 36.3. The number of aliphatic hydroxyl groups excluding tert-OH is 4. The Hall–Kier alpha value is -7.77. The number of benzene rings is 5. The van der Waals surface area contributed by atoms with Gasteiger partial charge in [-0.05, 0) is 84.5 Å². The normalized spacial score (nSPS) is 9.80. The highest BCUT2D eigenvalue weighted by Gasteiger charge is 2.30. The number of carbonyl (C=O) groups is 7. The van der Waals surface area contributed by atoms with Gasteiger partial charge in [0.05, 0.1) is 70.8 Å². The highest BCUT2D eigenvalue weighted by atomic mass is 16.4. The van der Waals surface area contributed by atoms with Crippen LogP contribution in [-0.2, 0) is 19.3 Å². The summed E-state index contributed by atoms with van der Waals surface area (Å²) in [6, 6.07) is 33.2. The second kappa shape index (κ2) is 31.1. The maximum absolute atomic E-state index is 11.5. The minimum atomic E-state index is -1.30. The van der Waals surface area contributed by atoms with Gasteiger partial charge < -0.3 is 56.2 Å². The largest absolute Gasteiger partial charge is 0.478 e. The van der Waals surface area contributed by atoms with E-state index in [9.17, 15) is 48.9 Å². The van der Waals surface area contributed by atoms with Gasteiger partial charge in [-0.15, -0.1) is 0 Å². The Morgan fingerprint density at radius 2 is 0.485 bits per heavy atom. The molecule has 66 heavy (non-hydrogen) atoms. The van der Waals surface area contributed by atoms with Gasteiger partial charge in [0.15, 0.2) is 0 Å². The van der Waals surface area contributed by atoms with Crippen LogP contribution in [-0.4, -0.2) is 124 Å². The molecule has 11 N–H and O–H groups in total. The van der Waals surface area contributed by atoms with Crippen molar-refractivity contribution in [2.24, 2.45) is 5.41 Å². The molecule has 0 aliphatic heterocycles. The van der Waals surface area contributed by atoms with Crippen molar-refractivity contribution in [3.8, 4) is 0 Å². The number of hydrogen-bond donors (Lipinski definition) is 11. The SMILES string of the molecule is CCc1c(C(=O)O)c(CC)c(C(=O)O)c(CC)c1C(=O)O.O=C(O)c1ccccc1.O=C(O)c1ccccc1.O=C(O)c1ccccc1.O=C(O)c1ccccc1.OCC(CO)(CO)CO. The van der Waals surface area contributed by atoms with E-state index in [-0.39, 0.29) is 52.6 Å². The van der Waals surface area contributed by atoms with E-state index >= 15 is 0 Å². The molecule has 5 aromatic rings. The zero-order valence-corrected chi connectivity index (χ0v) is 36.3. The molecule has 18 nitrogen and oxygen atoms in total. The zero-order chi connectivity index (χ0) is 50.4.